The van der Waals surface area contributed by atoms with Crippen molar-refractivity contribution in [3.05, 3.63) is 29.3 Å². The van der Waals surface area contributed by atoms with Crippen molar-refractivity contribution in [2.24, 2.45) is 5.73 Å². The van der Waals surface area contributed by atoms with Gasteiger partial charge < -0.3 is 5.73 Å². The molecule has 3 rings (SSSR count). The molecule has 98 valence electrons. The van der Waals surface area contributed by atoms with Gasteiger partial charge in [-0.15, -0.1) is 11.3 Å². The van der Waals surface area contributed by atoms with E-state index in [-0.39, 0.29) is 18.4 Å². The Bertz CT molecular complexity index is 619. The average molecular weight is 275 g/mol. The summed E-state index contributed by atoms with van der Waals surface area (Å²) in [5.74, 6) is -0.457. The molecule has 6 heteroatoms. The summed E-state index contributed by atoms with van der Waals surface area (Å²) in [6, 6.07) is 7.19. The first-order valence-electron chi connectivity index (χ1n) is 6.09. The van der Waals surface area contributed by atoms with Crippen molar-refractivity contribution in [2.45, 2.75) is 25.4 Å². The first-order chi connectivity index (χ1) is 9.15. The van der Waals surface area contributed by atoms with Gasteiger partial charge in [-0.1, -0.05) is 12.1 Å². The molecule has 0 spiro atoms. The van der Waals surface area contributed by atoms with Crippen molar-refractivity contribution >= 4 is 33.4 Å². The van der Waals surface area contributed by atoms with Gasteiger partial charge in [-0.3, -0.25) is 14.5 Å². The minimum atomic E-state index is -0.563. The van der Waals surface area contributed by atoms with Gasteiger partial charge in [0, 0.05) is 6.42 Å². The Morgan fingerprint density at radius 1 is 1.37 bits per heavy atom. The maximum Gasteiger partial charge on any atom is 0.246 e. The summed E-state index contributed by atoms with van der Waals surface area (Å²) < 4.78 is 1.05. The van der Waals surface area contributed by atoms with Gasteiger partial charge in [0.1, 0.15) is 5.01 Å². The molecule has 1 atom stereocenters. The largest absolute Gasteiger partial charge is 0.320 e. The Morgan fingerprint density at radius 2 is 2.16 bits per heavy atom. The van der Waals surface area contributed by atoms with Crippen LogP contribution in [0.3, 0.4) is 0 Å². The number of hydrogen-bond donors (Lipinski definition) is 1. The third-order valence-corrected chi connectivity index (χ3v) is 4.21. The Balaban J connectivity index is 1.87. The third kappa shape index (κ3) is 2.24. The molecule has 1 aliphatic heterocycles. The standard InChI is InChI=1S/C13H13N3O2S/c14-8-5-6-12(17)16(13(8)18)7-11-15-9-3-1-2-4-10(9)19-11/h1-4,8H,5-7,14H2. The molecule has 2 heterocycles. The summed E-state index contributed by atoms with van der Waals surface area (Å²) in [4.78, 5) is 29.4. The first-order valence-corrected chi connectivity index (χ1v) is 6.91. The van der Waals surface area contributed by atoms with Crippen molar-refractivity contribution in [1.82, 2.24) is 9.88 Å². The van der Waals surface area contributed by atoms with Crippen molar-refractivity contribution in [3.8, 4) is 0 Å². The van der Waals surface area contributed by atoms with E-state index in [4.69, 9.17) is 5.73 Å². The van der Waals surface area contributed by atoms with E-state index in [2.05, 4.69) is 4.98 Å². The molecule has 0 bridgehead atoms. The second kappa shape index (κ2) is 4.71. The monoisotopic (exact) mass is 275 g/mol. The molecule has 19 heavy (non-hydrogen) atoms. The normalized spacial score (nSPS) is 20.3. The molecule has 1 aliphatic rings. The van der Waals surface area contributed by atoms with Gasteiger partial charge in [0.15, 0.2) is 0 Å². The third-order valence-electron chi connectivity index (χ3n) is 3.19. The number of amides is 2. The van der Waals surface area contributed by atoms with Gasteiger partial charge in [-0.2, -0.15) is 0 Å². The van der Waals surface area contributed by atoms with Gasteiger partial charge in [-0.25, -0.2) is 4.98 Å². The molecule has 1 saturated heterocycles. The highest BCUT2D eigenvalue weighted by molar-refractivity contribution is 7.18. The highest BCUT2D eigenvalue weighted by atomic mass is 32.1. The SMILES string of the molecule is NC1CCC(=O)N(Cc2nc3ccccc3s2)C1=O. The quantitative estimate of drug-likeness (QED) is 0.837. The van der Waals surface area contributed by atoms with Crippen LogP contribution in [-0.4, -0.2) is 27.7 Å². The molecular weight excluding hydrogens is 262 g/mol. The highest BCUT2D eigenvalue weighted by Gasteiger charge is 2.32. The van der Waals surface area contributed by atoms with Crippen LogP contribution in [0.5, 0.6) is 0 Å². The number of benzene rings is 1. The molecule has 0 aliphatic carbocycles. The molecule has 1 aromatic carbocycles. The van der Waals surface area contributed by atoms with Crippen LogP contribution < -0.4 is 5.73 Å². The fourth-order valence-corrected chi connectivity index (χ4v) is 3.11. The van der Waals surface area contributed by atoms with Crippen LogP contribution in [0.15, 0.2) is 24.3 Å². The van der Waals surface area contributed by atoms with Crippen molar-refractivity contribution in [2.75, 3.05) is 0 Å². The predicted octanol–water partition coefficient (Wildman–Crippen LogP) is 1.27. The summed E-state index contributed by atoms with van der Waals surface area (Å²) in [6.07, 6.45) is 0.770. The second-order valence-electron chi connectivity index (χ2n) is 4.54. The molecule has 1 fully saturated rings. The zero-order valence-corrected chi connectivity index (χ0v) is 11.0. The van der Waals surface area contributed by atoms with Crippen LogP contribution in [0.4, 0.5) is 0 Å². The van der Waals surface area contributed by atoms with Crippen LogP contribution in [0.1, 0.15) is 17.8 Å². The van der Waals surface area contributed by atoms with E-state index in [1.807, 2.05) is 24.3 Å². The number of rotatable bonds is 2. The topological polar surface area (TPSA) is 76.3 Å². The number of fused-ring (bicyclic) bond motifs is 1. The number of carbonyl (C=O) groups excluding carboxylic acids is 2. The number of thiazole rings is 1. The van der Waals surface area contributed by atoms with E-state index in [9.17, 15) is 9.59 Å². The molecule has 1 unspecified atom stereocenters. The molecule has 0 saturated carbocycles. The zero-order chi connectivity index (χ0) is 13.4. The summed E-state index contributed by atoms with van der Waals surface area (Å²) in [6.45, 7) is 0.227. The number of para-hydroxylation sites is 1. The molecule has 0 radical (unpaired) electrons. The number of nitrogens with zero attached hydrogens (tertiary/aromatic N) is 2. The van der Waals surface area contributed by atoms with Crippen molar-refractivity contribution in [1.29, 1.82) is 0 Å². The van der Waals surface area contributed by atoms with Gasteiger partial charge in [-0.05, 0) is 18.6 Å². The summed E-state index contributed by atoms with van der Waals surface area (Å²) in [7, 11) is 0. The minimum absolute atomic E-state index is 0.161. The van der Waals surface area contributed by atoms with Crippen LogP contribution in [-0.2, 0) is 16.1 Å². The Kier molecular flexibility index (Phi) is 3.04. The Hall–Kier alpha value is -1.79. The number of piperidine rings is 1. The van der Waals surface area contributed by atoms with E-state index < -0.39 is 6.04 Å². The second-order valence-corrected chi connectivity index (χ2v) is 5.65. The molecule has 2 amide bonds. The molecule has 2 N–H and O–H groups in total. The van der Waals surface area contributed by atoms with E-state index in [1.165, 1.54) is 16.2 Å². The smallest absolute Gasteiger partial charge is 0.246 e. The predicted molar refractivity (Wildman–Crippen MR) is 72.4 cm³/mol. The lowest BCUT2D eigenvalue weighted by molar-refractivity contribution is -0.149. The van der Waals surface area contributed by atoms with Crippen LogP contribution in [0.25, 0.3) is 10.2 Å². The number of carbonyl (C=O) groups is 2. The fraction of sp³-hybridized carbons (Fsp3) is 0.308. The highest BCUT2D eigenvalue weighted by Crippen LogP contribution is 2.24. The van der Waals surface area contributed by atoms with E-state index >= 15 is 0 Å². The van der Waals surface area contributed by atoms with E-state index in [1.54, 1.807) is 0 Å². The van der Waals surface area contributed by atoms with Gasteiger partial charge in [0.2, 0.25) is 11.8 Å². The van der Waals surface area contributed by atoms with Crippen LogP contribution in [0, 0.1) is 0 Å². The lowest BCUT2D eigenvalue weighted by Gasteiger charge is -2.27. The number of likely N-dealkylation sites (tertiary alicyclic amines) is 1. The number of imide groups is 1. The zero-order valence-electron chi connectivity index (χ0n) is 10.2. The lowest BCUT2D eigenvalue weighted by atomic mass is 10.1. The van der Waals surface area contributed by atoms with Gasteiger partial charge in [0.05, 0.1) is 22.8 Å². The minimum Gasteiger partial charge on any atom is -0.320 e. The lowest BCUT2D eigenvalue weighted by Crippen LogP contribution is -2.50. The maximum atomic E-state index is 11.9. The first kappa shape index (κ1) is 12.3. The van der Waals surface area contributed by atoms with Gasteiger partial charge >= 0.3 is 0 Å². The van der Waals surface area contributed by atoms with E-state index in [0.717, 1.165) is 15.2 Å². The number of hydrogen-bond acceptors (Lipinski definition) is 5. The number of nitrogens with two attached hydrogens (primary N) is 1. The summed E-state index contributed by atoms with van der Waals surface area (Å²) in [5, 5.41) is 0.761. The van der Waals surface area contributed by atoms with Gasteiger partial charge in [0.25, 0.3) is 0 Å². The molecule has 2 aromatic rings. The Labute approximate surface area is 114 Å². The molecule has 5 nitrogen and oxygen atoms in total. The Morgan fingerprint density at radius 3 is 2.95 bits per heavy atom. The van der Waals surface area contributed by atoms with Crippen molar-refractivity contribution < 1.29 is 9.59 Å². The average Bonchev–Trinajstić information content (AvgIpc) is 2.81. The van der Waals surface area contributed by atoms with Crippen molar-refractivity contribution in [3.63, 3.8) is 0 Å². The van der Waals surface area contributed by atoms with Crippen LogP contribution >= 0.6 is 11.3 Å². The molecular formula is C13H13N3O2S. The summed E-state index contributed by atoms with van der Waals surface area (Å²) in [5.41, 5.74) is 6.59. The fourth-order valence-electron chi connectivity index (χ4n) is 2.15. The maximum absolute atomic E-state index is 11.9. The summed E-state index contributed by atoms with van der Waals surface area (Å²) >= 11 is 1.50. The molecule has 1 aromatic heterocycles. The number of aromatic nitrogens is 1. The van der Waals surface area contributed by atoms with E-state index in [0.29, 0.717) is 12.8 Å². The van der Waals surface area contributed by atoms with Crippen LogP contribution in [0.2, 0.25) is 0 Å².